The Morgan fingerprint density at radius 3 is 1.62 bits per heavy atom. The zero-order chi connectivity index (χ0) is 31.0. The lowest BCUT2D eigenvalue weighted by Gasteiger charge is -2.48. The van der Waals surface area contributed by atoms with Crippen molar-refractivity contribution in [1.29, 1.82) is 0 Å². The van der Waals surface area contributed by atoms with Crippen LogP contribution in [0, 0.1) is 0 Å². The van der Waals surface area contributed by atoms with Crippen LogP contribution in [-0.2, 0) is 33.2 Å². The van der Waals surface area contributed by atoms with Crippen molar-refractivity contribution < 1.29 is 89.3 Å². The largest absolute Gasteiger partial charge is 0.394 e. The molecule has 4 aliphatic heterocycles. The molecule has 4 aliphatic rings. The van der Waals surface area contributed by atoms with Gasteiger partial charge in [-0.15, -0.1) is 0 Å². The fourth-order valence-corrected chi connectivity index (χ4v) is 5.39. The highest BCUT2D eigenvalue weighted by Crippen LogP contribution is 2.33. The van der Waals surface area contributed by atoms with Crippen LogP contribution in [0.2, 0.25) is 0 Å². The molecule has 0 aliphatic carbocycles. The molecule has 0 amide bonds. The second-order valence-corrected chi connectivity index (χ2v) is 11.0. The van der Waals surface area contributed by atoms with E-state index >= 15 is 0 Å². The Bertz CT molecular complexity index is 854. The number of aliphatic hydroxyl groups is 11. The summed E-state index contributed by atoms with van der Waals surface area (Å²) in [4.78, 5) is 0. The van der Waals surface area contributed by atoms with Gasteiger partial charge in [0.25, 0.3) is 0 Å². The quantitative estimate of drug-likeness (QED) is 0.120. The average molecular weight is 619 g/mol. The van der Waals surface area contributed by atoms with E-state index in [0.717, 1.165) is 0 Å². The molecular formula is C24H42O18. The third kappa shape index (κ3) is 6.91. The molecule has 19 atom stereocenters. The van der Waals surface area contributed by atoms with Crippen molar-refractivity contribution in [2.24, 2.45) is 0 Å². The normalized spacial score (nSPS) is 54.1. The van der Waals surface area contributed by atoms with E-state index in [-0.39, 0.29) is 6.42 Å². The molecule has 0 bridgehead atoms. The maximum atomic E-state index is 11.0. The van der Waals surface area contributed by atoms with Crippen LogP contribution in [0.3, 0.4) is 0 Å². The first-order valence-electron chi connectivity index (χ1n) is 13.7. The predicted octanol–water partition coefficient (Wildman–Crippen LogP) is -6.66. The van der Waals surface area contributed by atoms with Crippen molar-refractivity contribution in [3.8, 4) is 0 Å². The van der Waals surface area contributed by atoms with Gasteiger partial charge in [0.1, 0.15) is 73.2 Å². The van der Waals surface area contributed by atoms with Crippen LogP contribution < -0.4 is 0 Å². The van der Waals surface area contributed by atoms with Crippen LogP contribution in [0.4, 0.5) is 0 Å². The molecule has 1 unspecified atom stereocenters. The smallest absolute Gasteiger partial charge is 0.187 e. The number of hydrogen-bond donors (Lipinski definition) is 11. The molecule has 0 aromatic rings. The molecule has 4 rings (SSSR count). The molecule has 246 valence electrons. The van der Waals surface area contributed by atoms with Gasteiger partial charge in [-0.25, -0.2) is 0 Å². The number of rotatable bonds is 8. The van der Waals surface area contributed by atoms with Gasteiger partial charge in [-0.1, -0.05) is 0 Å². The van der Waals surface area contributed by atoms with Gasteiger partial charge in [-0.05, 0) is 13.8 Å². The maximum Gasteiger partial charge on any atom is 0.187 e. The third-order valence-electron chi connectivity index (χ3n) is 8.00. The number of ether oxygens (including phenoxy) is 7. The summed E-state index contributed by atoms with van der Waals surface area (Å²) >= 11 is 0. The summed E-state index contributed by atoms with van der Waals surface area (Å²) in [7, 11) is 0. The van der Waals surface area contributed by atoms with E-state index in [1.807, 2.05) is 0 Å². The molecule has 4 saturated heterocycles. The second kappa shape index (κ2) is 14.1. The summed E-state index contributed by atoms with van der Waals surface area (Å²) < 4.78 is 38.3. The summed E-state index contributed by atoms with van der Waals surface area (Å²) in [6.07, 6.45) is -28.5. The minimum Gasteiger partial charge on any atom is -0.394 e. The molecule has 0 aromatic heterocycles. The minimum atomic E-state index is -1.87. The molecule has 11 N–H and O–H groups in total. The Kier molecular flexibility index (Phi) is 11.5. The molecular weight excluding hydrogens is 576 g/mol. The highest BCUT2D eigenvalue weighted by atomic mass is 16.8. The van der Waals surface area contributed by atoms with E-state index in [2.05, 4.69) is 0 Å². The van der Waals surface area contributed by atoms with Crippen LogP contribution in [-0.4, -0.2) is 186 Å². The molecule has 0 aromatic carbocycles. The molecule has 0 saturated carbocycles. The molecule has 18 heteroatoms. The van der Waals surface area contributed by atoms with Gasteiger partial charge < -0.3 is 89.3 Å². The minimum absolute atomic E-state index is 0.101. The Labute approximate surface area is 240 Å². The first kappa shape index (κ1) is 34.2. The van der Waals surface area contributed by atoms with Crippen molar-refractivity contribution in [3.63, 3.8) is 0 Å². The Morgan fingerprint density at radius 2 is 1.00 bits per heavy atom. The topological polar surface area (TPSA) is 287 Å². The predicted molar refractivity (Wildman–Crippen MR) is 130 cm³/mol. The zero-order valence-electron chi connectivity index (χ0n) is 22.9. The summed E-state index contributed by atoms with van der Waals surface area (Å²) in [6, 6.07) is 0. The highest BCUT2D eigenvalue weighted by molar-refractivity contribution is 4.96. The average Bonchev–Trinajstić information content (AvgIpc) is 2.95. The van der Waals surface area contributed by atoms with Crippen LogP contribution in [0.1, 0.15) is 20.3 Å². The maximum absolute atomic E-state index is 11.0. The SMILES string of the molecule is C[C@@H]1O[C@@H](O[C@H]2[C@@H](O)[C@@H](CO)OC(O)[C@@H]2O)[C@H](O)[C@H](O)[C@H]1O[C@H]1O[C@H](CO)[C@@H](O)[C@H](O[C@H]2O[C@H](C)[C@@H](O)C[C@@H]2O)[C@@H]1O. The Morgan fingerprint density at radius 1 is 0.500 bits per heavy atom. The van der Waals surface area contributed by atoms with Gasteiger partial charge in [0.05, 0.1) is 31.5 Å². The zero-order valence-corrected chi connectivity index (χ0v) is 22.9. The van der Waals surface area contributed by atoms with Crippen molar-refractivity contribution in [2.75, 3.05) is 13.2 Å². The van der Waals surface area contributed by atoms with Crippen LogP contribution in [0.25, 0.3) is 0 Å². The lowest BCUT2D eigenvalue weighted by molar-refractivity contribution is -0.383. The summed E-state index contributed by atoms with van der Waals surface area (Å²) in [5.41, 5.74) is 0. The molecule has 4 fully saturated rings. The molecule has 0 radical (unpaired) electrons. The molecule has 0 spiro atoms. The Balaban J connectivity index is 1.43. The fourth-order valence-electron chi connectivity index (χ4n) is 5.39. The monoisotopic (exact) mass is 618 g/mol. The van der Waals surface area contributed by atoms with Crippen LogP contribution >= 0.6 is 0 Å². The number of hydrogen-bond acceptors (Lipinski definition) is 18. The van der Waals surface area contributed by atoms with E-state index < -0.39 is 130 Å². The Hall–Kier alpha value is -0.720. The standard InChI is InChI=1S/C24H42O18/c1-6-8(27)3-9(28)22(36-6)41-20-13(30)11(5-26)39-24(17(20)34)40-18-7(2)37-23(15(32)14(18)31)42-19-12(29)10(4-25)38-21(35)16(19)33/h6-35H,3-5H2,1-2H3/t6-,7+,8+,9+,10-,11-,12+,13-,14+,15-,16-,17+,18+,19+,20+,21?,22-,23+,24-/m1/s1. The fraction of sp³-hybridized carbons (Fsp3) is 1.00. The summed E-state index contributed by atoms with van der Waals surface area (Å²) in [5, 5.41) is 113. The van der Waals surface area contributed by atoms with Crippen molar-refractivity contribution in [1.82, 2.24) is 0 Å². The second-order valence-electron chi connectivity index (χ2n) is 11.0. The van der Waals surface area contributed by atoms with Crippen molar-refractivity contribution >= 4 is 0 Å². The van der Waals surface area contributed by atoms with E-state index in [0.29, 0.717) is 0 Å². The molecule has 42 heavy (non-hydrogen) atoms. The summed E-state index contributed by atoms with van der Waals surface area (Å²) in [5.74, 6) is 0. The third-order valence-corrected chi connectivity index (χ3v) is 8.00. The first-order chi connectivity index (χ1) is 19.8. The van der Waals surface area contributed by atoms with Gasteiger partial charge >= 0.3 is 0 Å². The van der Waals surface area contributed by atoms with Crippen molar-refractivity contribution in [3.05, 3.63) is 0 Å². The van der Waals surface area contributed by atoms with E-state index in [9.17, 15) is 56.2 Å². The van der Waals surface area contributed by atoms with E-state index in [4.69, 9.17) is 33.2 Å². The van der Waals surface area contributed by atoms with Gasteiger partial charge in [-0.2, -0.15) is 0 Å². The van der Waals surface area contributed by atoms with Gasteiger partial charge in [0, 0.05) is 6.42 Å². The van der Waals surface area contributed by atoms with E-state index in [1.165, 1.54) is 13.8 Å². The molecule has 4 heterocycles. The van der Waals surface area contributed by atoms with Crippen molar-refractivity contribution in [2.45, 2.75) is 137 Å². The lowest BCUT2D eigenvalue weighted by Crippen LogP contribution is -2.66. The van der Waals surface area contributed by atoms with E-state index in [1.54, 1.807) is 0 Å². The van der Waals surface area contributed by atoms with Crippen LogP contribution in [0.15, 0.2) is 0 Å². The van der Waals surface area contributed by atoms with Gasteiger partial charge in [0.15, 0.2) is 25.2 Å². The highest BCUT2D eigenvalue weighted by Gasteiger charge is 2.53. The summed E-state index contributed by atoms with van der Waals surface area (Å²) in [6.45, 7) is 1.47. The molecule has 18 nitrogen and oxygen atoms in total. The van der Waals surface area contributed by atoms with Crippen LogP contribution in [0.5, 0.6) is 0 Å². The number of aliphatic hydroxyl groups excluding tert-OH is 11. The van der Waals surface area contributed by atoms with Gasteiger partial charge in [-0.3, -0.25) is 0 Å². The lowest BCUT2D eigenvalue weighted by atomic mass is 9.96. The first-order valence-corrected chi connectivity index (χ1v) is 13.7. The van der Waals surface area contributed by atoms with Gasteiger partial charge in [0.2, 0.25) is 0 Å².